The van der Waals surface area contributed by atoms with Crippen molar-refractivity contribution in [3.05, 3.63) is 11.6 Å². The molecule has 0 aliphatic carbocycles. The first-order chi connectivity index (χ1) is 5.24. The Morgan fingerprint density at radius 2 is 2.18 bits per heavy atom. The van der Waals surface area contributed by atoms with Crippen molar-refractivity contribution in [2.24, 2.45) is 0 Å². The van der Waals surface area contributed by atoms with Crippen LogP contribution >= 0.6 is 11.6 Å². The van der Waals surface area contributed by atoms with Gasteiger partial charge in [0.2, 0.25) is 0 Å². The zero-order valence-electron chi connectivity index (χ0n) is 6.84. The van der Waals surface area contributed by atoms with E-state index in [0.29, 0.717) is 5.88 Å². The van der Waals surface area contributed by atoms with Crippen LogP contribution in [0.15, 0.2) is 0 Å². The van der Waals surface area contributed by atoms with E-state index in [1.54, 1.807) is 0 Å². The van der Waals surface area contributed by atoms with Crippen molar-refractivity contribution in [1.29, 1.82) is 0 Å². The highest BCUT2D eigenvalue weighted by molar-refractivity contribution is 6.17. The third-order valence-corrected chi connectivity index (χ3v) is 1.73. The summed E-state index contributed by atoms with van der Waals surface area (Å²) < 4.78 is 1.89. The molecule has 1 heterocycles. The van der Waals surface area contributed by atoms with E-state index in [-0.39, 0.29) is 0 Å². The molecule has 0 saturated heterocycles. The van der Waals surface area contributed by atoms with E-state index in [1.807, 2.05) is 18.5 Å². The van der Waals surface area contributed by atoms with Crippen LogP contribution in [-0.2, 0) is 6.54 Å². The van der Waals surface area contributed by atoms with Crippen LogP contribution in [0.2, 0.25) is 0 Å². The molecule has 1 rings (SSSR count). The highest BCUT2D eigenvalue weighted by Gasteiger charge is 1.99. The van der Waals surface area contributed by atoms with E-state index >= 15 is 0 Å². The molecule has 3 nitrogen and oxygen atoms in total. The summed E-state index contributed by atoms with van der Waals surface area (Å²) in [5.41, 5.74) is 0. The van der Waals surface area contributed by atoms with Crippen molar-refractivity contribution in [2.45, 2.75) is 26.8 Å². The monoisotopic (exact) mass is 173 g/mol. The van der Waals surface area contributed by atoms with Crippen LogP contribution in [0.1, 0.15) is 18.1 Å². The maximum absolute atomic E-state index is 5.55. The lowest BCUT2D eigenvalue weighted by molar-refractivity contribution is 0.583. The van der Waals surface area contributed by atoms with Crippen molar-refractivity contribution in [1.82, 2.24) is 14.8 Å². The fourth-order valence-electron chi connectivity index (χ4n) is 0.983. The van der Waals surface area contributed by atoms with Crippen LogP contribution in [-0.4, -0.2) is 20.6 Å². The number of hydrogen-bond acceptors (Lipinski definition) is 2. The SMILES string of the molecule is Cc1nc(C)n(CCCCl)n1. The third kappa shape index (κ3) is 2.19. The van der Waals surface area contributed by atoms with Crippen molar-refractivity contribution in [2.75, 3.05) is 5.88 Å². The van der Waals surface area contributed by atoms with E-state index in [1.165, 1.54) is 0 Å². The van der Waals surface area contributed by atoms with E-state index in [2.05, 4.69) is 10.1 Å². The average Bonchev–Trinajstić information content (AvgIpc) is 2.26. The Morgan fingerprint density at radius 3 is 2.64 bits per heavy atom. The topological polar surface area (TPSA) is 30.7 Å². The predicted octanol–water partition coefficient (Wildman–Crippen LogP) is 1.52. The Bertz CT molecular complexity index is 232. The van der Waals surface area contributed by atoms with Gasteiger partial charge in [-0.25, -0.2) is 4.98 Å². The van der Waals surface area contributed by atoms with Gasteiger partial charge in [-0.1, -0.05) is 0 Å². The summed E-state index contributed by atoms with van der Waals surface area (Å²) in [7, 11) is 0. The molecule has 0 amide bonds. The molecule has 0 N–H and O–H groups in total. The van der Waals surface area contributed by atoms with Gasteiger partial charge in [0.05, 0.1) is 0 Å². The van der Waals surface area contributed by atoms with E-state index < -0.39 is 0 Å². The van der Waals surface area contributed by atoms with Gasteiger partial charge >= 0.3 is 0 Å². The summed E-state index contributed by atoms with van der Waals surface area (Å²) in [6, 6.07) is 0. The highest BCUT2D eigenvalue weighted by Crippen LogP contribution is 1.97. The number of alkyl halides is 1. The zero-order valence-corrected chi connectivity index (χ0v) is 7.60. The van der Waals surface area contributed by atoms with Crippen LogP contribution in [0.3, 0.4) is 0 Å². The van der Waals surface area contributed by atoms with Crippen molar-refractivity contribution in [3.8, 4) is 0 Å². The number of halogens is 1. The lowest BCUT2D eigenvalue weighted by Gasteiger charge is -1.98. The summed E-state index contributed by atoms with van der Waals surface area (Å²) in [6.07, 6.45) is 0.950. The van der Waals surface area contributed by atoms with Gasteiger partial charge in [0, 0.05) is 12.4 Å². The van der Waals surface area contributed by atoms with Gasteiger partial charge in [-0.3, -0.25) is 4.68 Å². The minimum atomic E-state index is 0.679. The Kier molecular flexibility index (Phi) is 2.88. The minimum Gasteiger partial charge on any atom is -0.250 e. The van der Waals surface area contributed by atoms with Gasteiger partial charge in [0.15, 0.2) is 0 Å². The smallest absolute Gasteiger partial charge is 0.147 e. The summed E-state index contributed by atoms with van der Waals surface area (Å²) in [6.45, 7) is 4.72. The molecule has 0 bridgehead atoms. The van der Waals surface area contributed by atoms with Crippen LogP contribution in [0, 0.1) is 13.8 Å². The normalized spacial score (nSPS) is 10.5. The van der Waals surface area contributed by atoms with Crippen LogP contribution in [0.4, 0.5) is 0 Å². The summed E-state index contributed by atoms with van der Waals surface area (Å²) in [4.78, 5) is 4.17. The fourth-order valence-corrected chi connectivity index (χ4v) is 1.10. The molecule has 4 heteroatoms. The molecule has 11 heavy (non-hydrogen) atoms. The van der Waals surface area contributed by atoms with Gasteiger partial charge in [-0.15, -0.1) is 11.6 Å². The molecule has 0 aromatic carbocycles. The standard InChI is InChI=1S/C7H12ClN3/c1-6-9-7(2)11(10-6)5-3-4-8/h3-5H2,1-2H3. The first-order valence-electron chi connectivity index (χ1n) is 3.68. The van der Waals surface area contributed by atoms with Gasteiger partial charge in [0.25, 0.3) is 0 Å². The lowest BCUT2D eigenvalue weighted by Crippen LogP contribution is -2.02. The van der Waals surface area contributed by atoms with Crippen LogP contribution < -0.4 is 0 Å². The molecule has 0 aliphatic rings. The first-order valence-corrected chi connectivity index (χ1v) is 4.21. The summed E-state index contributed by atoms with van der Waals surface area (Å²) in [5.74, 6) is 2.47. The molecule has 0 unspecified atom stereocenters. The fraction of sp³-hybridized carbons (Fsp3) is 0.714. The van der Waals surface area contributed by atoms with Gasteiger partial charge in [-0.05, 0) is 20.3 Å². The molecule has 0 aliphatic heterocycles. The largest absolute Gasteiger partial charge is 0.250 e. The highest BCUT2D eigenvalue weighted by atomic mass is 35.5. The molecule has 0 fully saturated rings. The predicted molar refractivity (Wildman–Crippen MR) is 44.8 cm³/mol. The van der Waals surface area contributed by atoms with Crippen molar-refractivity contribution < 1.29 is 0 Å². The quantitative estimate of drug-likeness (QED) is 0.649. The molecule has 0 spiro atoms. The lowest BCUT2D eigenvalue weighted by atomic mass is 10.5. The third-order valence-electron chi connectivity index (χ3n) is 1.47. The Balaban J connectivity index is 2.62. The number of aryl methyl sites for hydroxylation is 3. The van der Waals surface area contributed by atoms with Crippen LogP contribution in [0.25, 0.3) is 0 Å². The summed E-state index contributed by atoms with van der Waals surface area (Å²) >= 11 is 5.55. The maximum atomic E-state index is 5.55. The Morgan fingerprint density at radius 1 is 1.45 bits per heavy atom. The van der Waals surface area contributed by atoms with Crippen molar-refractivity contribution >= 4 is 11.6 Å². The van der Waals surface area contributed by atoms with E-state index in [4.69, 9.17) is 11.6 Å². The second-order valence-corrected chi connectivity index (χ2v) is 2.85. The molecule has 1 aromatic heterocycles. The Labute approximate surface area is 71.4 Å². The Hall–Kier alpha value is -0.570. The van der Waals surface area contributed by atoms with Gasteiger partial charge < -0.3 is 0 Å². The number of hydrogen-bond donors (Lipinski definition) is 0. The van der Waals surface area contributed by atoms with E-state index in [9.17, 15) is 0 Å². The number of rotatable bonds is 3. The zero-order chi connectivity index (χ0) is 8.27. The second kappa shape index (κ2) is 3.72. The van der Waals surface area contributed by atoms with Crippen LogP contribution in [0.5, 0.6) is 0 Å². The molecule has 62 valence electrons. The molecular formula is C7H12ClN3. The molecule has 0 radical (unpaired) electrons. The maximum Gasteiger partial charge on any atom is 0.147 e. The van der Waals surface area contributed by atoms with Gasteiger partial charge in [0.1, 0.15) is 11.6 Å². The molecule has 0 atom stereocenters. The number of nitrogens with zero attached hydrogens (tertiary/aromatic N) is 3. The number of aromatic nitrogens is 3. The molecule has 0 saturated carbocycles. The second-order valence-electron chi connectivity index (χ2n) is 2.47. The molecular weight excluding hydrogens is 162 g/mol. The van der Waals surface area contributed by atoms with E-state index in [0.717, 1.165) is 24.6 Å². The average molecular weight is 174 g/mol. The van der Waals surface area contributed by atoms with Gasteiger partial charge in [-0.2, -0.15) is 5.10 Å². The first kappa shape index (κ1) is 8.53. The summed E-state index contributed by atoms with van der Waals surface area (Å²) in [5, 5.41) is 4.19. The molecule has 1 aromatic rings. The minimum absolute atomic E-state index is 0.679. The van der Waals surface area contributed by atoms with Crippen molar-refractivity contribution in [3.63, 3.8) is 0 Å².